The Morgan fingerprint density at radius 2 is 1.91 bits per heavy atom. The van der Waals surface area contributed by atoms with E-state index in [9.17, 15) is 13.2 Å². The van der Waals surface area contributed by atoms with E-state index < -0.39 is 33.9 Å². The molecule has 0 saturated carbocycles. The normalized spacial score (nSPS) is 15.8. The lowest BCUT2D eigenvalue weighted by molar-refractivity contribution is -0.123. The zero-order valence-corrected chi connectivity index (χ0v) is 13.7. The first-order valence-electron chi connectivity index (χ1n) is 7.28. The quantitative estimate of drug-likeness (QED) is 0.616. The fourth-order valence-corrected chi connectivity index (χ4v) is 2.98. The zero-order valence-electron chi connectivity index (χ0n) is 12.9. The second kappa shape index (κ2) is 8.26. The predicted molar refractivity (Wildman–Crippen MR) is 85.9 cm³/mol. The molecule has 0 fully saturated rings. The Morgan fingerprint density at radius 1 is 1.32 bits per heavy atom. The van der Waals surface area contributed by atoms with Crippen molar-refractivity contribution < 1.29 is 17.8 Å². The van der Waals surface area contributed by atoms with E-state index in [1.807, 2.05) is 44.2 Å². The first kappa shape index (κ1) is 18.6. The highest BCUT2D eigenvalue weighted by molar-refractivity contribution is 7.85. The highest BCUT2D eigenvalue weighted by atomic mass is 32.2. The Bertz CT molecular complexity index is 574. The van der Waals surface area contributed by atoms with Gasteiger partial charge in [-0.05, 0) is 17.9 Å². The van der Waals surface area contributed by atoms with Crippen LogP contribution in [-0.4, -0.2) is 36.7 Å². The standard InChI is InChI=1S/C15H24N2O4S/c1-3-11(2)14(10-22(19,20)21)17-15(18)13(16)9-12-7-5-4-6-8-12/h4-8,11,13-14H,3,9-10,16H2,1-2H3,(H,17,18)(H,19,20,21)/t11-,13+,14-/m1/s1. The molecule has 22 heavy (non-hydrogen) atoms. The molecular weight excluding hydrogens is 304 g/mol. The number of nitrogens with two attached hydrogens (primary N) is 1. The molecule has 124 valence electrons. The lowest BCUT2D eigenvalue weighted by atomic mass is 9.99. The van der Waals surface area contributed by atoms with Crippen LogP contribution in [0.3, 0.4) is 0 Å². The van der Waals surface area contributed by atoms with Gasteiger partial charge in [-0.1, -0.05) is 50.6 Å². The van der Waals surface area contributed by atoms with Crippen LogP contribution in [0.5, 0.6) is 0 Å². The van der Waals surface area contributed by atoms with Gasteiger partial charge < -0.3 is 11.1 Å². The molecule has 0 spiro atoms. The Balaban J connectivity index is 2.69. The summed E-state index contributed by atoms with van der Waals surface area (Å²) in [4.78, 5) is 12.2. The van der Waals surface area contributed by atoms with Crippen molar-refractivity contribution in [1.29, 1.82) is 0 Å². The first-order valence-corrected chi connectivity index (χ1v) is 8.89. The minimum absolute atomic E-state index is 0.0881. The highest BCUT2D eigenvalue weighted by Crippen LogP contribution is 2.10. The molecule has 1 aromatic rings. The average molecular weight is 328 g/mol. The van der Waals surface area contributed by atoms with Gasteiger partial charge in [0.15, 0.2) is 0 Å². The smallest absolute Gasteiger partial charge is 0.266 e. The molecule has 3 atom stereocenters. The molecule has 0 unspecified atom stereocenters. The van der Waals surface area contributed by atoms with Crippen molar-refractivity contribution in [3.05, 3.63) is 35.9 Å². The van der Waals surface area contributed by atoms with Gasteiger partial charge in [0.05, 0.1) is 11.8 Å². The van der Waals surface area contributed by atoms with E-state index in [4.69, 9.17) is 10.3 Å². The molecule has 0 radical (unpaired) electrons. The minimum Gasteiger partial charge on any atom is -0.351 e. The van der Waals surface area contributed by atoms with Gasteiger partial charge in [-0.15, -0.1) is 0 Å². The second-order valence-corrected chi connectivity index (χ2v) is 7.04. The molecule has 0 aliphatic rings. The molecule has 7 heteroatoms. The van der Waals surface area contributed by atoms with Crippen LogP contribution in [0.25, 0.3) is 0 Å². The maximum absolute atomic E-state index is 12.2. The van der Waals surface area contributed by atoms with Gasteiger partial charge in [-0.25, -0.2) is 0 Å². The number of carbonyl (C=O) groups is 1. The van der Waals surface area contributed by atoms with Crippen molar-refractivity contribution in [3.8, 4) is 0 Å². The maximum Gasteiger partial charge on any atom is 0.266 e. The molecule has 0 heterocycles. The van der Waals surface area contributed by atoms with Gasteiger partial charge in [0, 0.05) is 6.04 Å². The zero-order chi connectivity index (χ0) is 16.8. The lowest BCUT2D eigenvalue weighted by Gasteiger charge is -2.24. The third-order valence-corrected chi connectivity index (χ3v) is 4.46. The number of rotatable bonds is 8. The van der Waals surface area contributed by atoms with Crippen LogP contribution in [0.15, 0.2) is 30.3 Å². The summed E-state index contributed by atoms with van der Waals surface area (Å²) in [6, 6.07) is 7.92. The van der Waals surface area contributed by atoms with Crippen molar-refractivity contribution in [2.24, 2.45) is 11.7 Å². The molecule has 0 aliphatic carbocycles. The number of carbonyl (C=O) groups excluding carboxylic acids is 1. The molecule has 6 nitrogen and oxygen atoms in total. The summed E-state index contributed by atoms with van der Waals surface area (Å²) in [6.07, 6.45) is 1.04. The summed E-state index contributed by atoms with van der Waals surface area (Å²) in [5.74, 6) is -1.01. The van der Waals surface area contributed by atoms with Crippen LogP contribution in [0.1, 0.15) is 25.8 Å². The summed E-state index contributed by atoms with van der Waals surface area (Å²) >= 11 is 0. The van der Waals surface area contributed by atoms with E-state index in [2.05, 4.69) is 5.32 Å². The van der Waals surface area contributed by atoms with Crippen molar-refractivity contribution in [3.63, 3.8) is 0 Å². The number of benzene rings is 1. The number of amides is 1. The molecule has 1 rings (SSSR count). The molecule has 4 N–H and O–H groups in total. The van der Waals surface area contributed by atoms with Crippen LogP contribution in [0.4, 0.5) is 0 Å². The van der Waals surface area contributed by atoms with E-state index in [-0.39, 0.29) is 5.92 Å². The van der Waals surface area contributed by atoms with Gasteiger partial charge in [0.2, 0.25) is 5.91 Å². The van der Waals surface area contributed by atoms with Gasteiger partial charge in [0.1, 0.15) is 0 Å². The summed E-state index contributed by atoms with van der Waals surface area (Å²) in [6.45, 7) is 3.70. The fraction of sp³-hybridized carbons (Fsp3) is 0.533. The predicted octanol–water partition coefficient (Wildman–Crippen LogP) is 0.975. The first-order chi connectivity index (χ1) is 10.2. The molecule has 1 aromatic carbocycles. The second-order valence-electron chi connectivity index (χ2n) is 5.55. The van der Waals surface area contributed by atoms with Crippen LogP contribution in [0.2, 0.25) is 0 Å². The summed E-state index contributed by atoms with van der Waals surface area (Å²) in [5.41, 5.74) is 6.81. The largest absolute Gasteiger partial charge is 0.351 e. The van der Waals surface area contributed by atoms with Crippen LogP contribution >= 0.6 is 0 Å². The molecule has 0 saturated heterocycles. The van der Waals surface area contributed by atoms with E-state index >= 15 is 0 Å². The Kier molecular flexibility index (Phi) is 6.99. The Morgan fingerprint density at radius 3 is 2.41 bits per heavy atom. The number of nitrogens with one attached hydrogen (secondary N) is 1. The third kappa shape index (κ3) is 6.55. The van der Waals surface area contributed by atoms with Crippen molar-refractivity contribution in [2.45, 2.75) is 38.8 Å². The average Bonchev–Trinajstić information content (AvgIpc) is 2.45. The van der Waals surface area contributed by atoms with Crippen LogP contribution in [0, 0.1) is 5.92 Å². The Hall–Kier alpha value is -1.44. The molecule has 0 aliphatic heterocycles. The molecule has 1 amide bonds. The topological polar surface area (TPSA) is 109 Å². The molecule has 0 aromatic heterocycles. The SMILES string of the molecule is CC[C@@H](C)[C@@H](CS(=O)(=O)O)NC(=O)[C@@H](N)Cc1ccccc1. The fourth-order valence-electron chi connectivity index (χ4n) is 2.11. The van der Waals surface area contributed by atoms with Crippen molar-refractivity contribution in [1.82, 2.24) is 5.32 Å². The summed E-state index contributed by atoms with van der Waals surface area (Å²) in [7, 11) is -4.16. The van der Waals surface area contributed by atoms with Crippen LogP contribution < -0.4 is 11.1 Å². The minimum atomic E-state index is -4.16. The molecular formula is C15H24N2O4S. The van der Waals surface area contributed by atoms with Crippen molar-refractivity contribution >= 4 is 16.0 Å². The third-order valence-electron chi connectivity index (χ3n) is 3.68. The summed E-state index contributed by atoms with van der Waals surface area (Å²) < 4.78 is 31.2. The van der Waals surface area contributed by atoms with E-state index in [1.54, 1.807) is 0 Å². The van der Waals surface area contributed by atoms with Gasteiger partial charge in [-0.3, -0.25) is 9.35 Å². The maximum atomic E-state index is 12.2. The number of hydrogen-bond acceptors (Lipinski definition) is 4. The Labute approximate surface area is 131 Å². The molecule has 0 bridgehead atoms. The van der Waals surface area contributed by atoms with Gasteiger partial charge >= 0.3 is 0 Å². The highest BCUT2D eigenvalue weighted by Gasteiger charge is 2.26. The number of hydrogen-bond donors (Lipinski definition) is 3. The van der Waals surface area contributed by atoms with Crippen LogP contribution in [-0.2, 0) is 21.3 Å². The lowest BCUT2D eigenvalue weighted by Crippen LogP contribution is -2.50. The van der Waals surface area contributed by atoms with Crippen molar-refractivity contribution in [2.75, 3.05) is 5.75 Å². The van der Waals surface area contributed by atoms with Gasteiger partial charge in [0.25, 0.3) is 10.1 Å². The van der Waals surface area contributed by atoms with E-state index in [0.29, 0.717) is 12.8 Å². The van der Waals surface area contributed by atoms with Gasteiger partial charge in [-0.2, -0.15) is 8.42 Å². The summed E-state index contributed by atoms with van der Waals surface area (Å²) in [5, 5.41) is 2.64. The van der Waals surface area contributed by atoms with E-state index in [1.165, 1.54) is 0 Å². The monoisotopic (exact) mass is 328 g/mol. The van der Waals surface area contributed by atoms with E-state index in [0.717, 1.165) is 5.56 Å².